The summed E-state index contributed by atoms with van der Waals surface area (Å²) in [7, 11) is 0. The largest absolute Gasteiger partial charge is 0.370 e. The van der Waals surface area contributed by atoms with E-state index in [1.165, 1.54) is 12.1 Å². The summed E-state index contributed by atoms with van der Waals surface area (Å²) >= 11 is 0. The van der Waals surface area contributed by atoms with Gasteiger partial charge in [-0.1, -0.05) is 30.3 Å². The molecule has 6 heteroatoms. The van der Waals surface area contributed by atoms with Crippen LogP contribution in [0.1, 0.15) is 30.9 Å². The molecule has 142 valence electrons. The predicted octanol–water partition coefficient (Wildman–Crippen LogP) is 3.09. The first-order valence-electron chi connectivity index (χ1n) is 9.16. The van der Waals surface area contributed by atoms with Gasteiger partial charge in [0.05, 0.1) is 0 Å². The Labute approximate surface area is 158 Å². The molecule has 0 saturated carbocycles. The van der Waals surface area contributed by atoms with Crippen LogP contribution in [0, 0.1) is 11.7 Å². The molecule has 1 heterocycles. The fourth-order valence-electron chi connectivity index (χ4n) is 3.61. The number of anilines is 1. The number of halogens is 1. The van der Waals surface area contributed by atoms with Crippen molar-refractivity contribution in [2.45, 2.75) is 25.3 Å². The van der Waals surface area contributed by atoms with Crippen LogP contribution < -0.4 is 11.1 Å². The van der Waals surface area contributed by atoms with E-state index in [1.54, 1.807) is 12.1 Å². The summed E-state index contributed by atoms with van der Waals surface area (Å²) in [5.41, 5.74) is 6.78. The lowest BCUT2D eigenvalue weighted by Crippen LogP contribution is -2.42. The van der Waals surface area contributed by atoms with Gasteiger partial charge >= 0.3 is 0 Å². The lowest BCUT2D eigenvalue weighted by molar-refractivity contribution is -0.123. The maximum Gasteiger partial charge on any atom is 0.246 e. The highest BCUT2D eigenvalue weighted by Crippen LogP contribution is 2.29. The standard InChI is InChI=1S/C21H24FN3O2/c22-17-6-8-18(9-7-17)24-21(27)20(16-4-2-1-3-5-16)25-12-10-15(11-13-25)14-19(23)26/h1-9,15,20H,10-14H2,(H2,23,26)(H,24,27)/t20-/m0/s1. The molecule has 2 aromatic rings. The molecular weight excluding hydrogens is 345 g/mol. The number of hydrogen-bond donors (Lipinski definition) is 2. The summed E-state index contributed by atoms with van der Waals surface area (Å²) in [4.78, 5) is 26.3. The summed E-state index contributed by atoms with van der Waals surface area (Å²) in [5.74, 6) is -0.497. The average molecular weight is 369 g/mol. The Bertz CT molecular complexity index is 772. The number of likely N-dealkylation sites (tertiary alicyclic amines) is 1. The van der Waals surface area contributed by atoms with Crippen molar-refractivity contribution < 1.29 is 14.0 Å². The molecule has 0 radical (unpaired) electrons. The second-order valence-electron chi connectivity index (χ2n) is 6.96. The number of hydrogen-bond acceptors (Lipinski definition) is 3. The highest BCUT2D eigenvalue weighted by atomic mass is 19.1. The number of amides is 2. The van der Waals surface area contributed by atoms with Crippen molar-refractivity contribution in [3.63, 3.8) is 0 Å². The molecule has 0 aliphatic carbocycles. The second-order valence-corrected chi connectivity index (χ2v) is 6.96. The molecule has 0 unspecified atom stereocenters. The Kier molecular flexibility index (Phi) is 6.19. The van der Waals surface area contributed by atoms with Crippen LogP contribution in [0.3, 0.4) is 0 Å². The van der Waals surface area contributed by atoms with Crippen molar-refractivity contribution in [3.8, 4) is 0 Å². The van der Waals surface area contributed by atoms with Gasteiger partial charge in [-0.3, -0.25) is 14.5 Å². The van der Waals surface area contributed by atoms with Gasteiger partial charge in [0.1, 0.15) is 11.9 Å². The Morgan fingerprint density at radius 1 is 1.07 bits per heavy atom. The maximum atomic E-state index is 13.1. The number of nitrogens with one attached hydrogen (secondary N) is 1. The zero-order valence-electron chi connectivity index (χ0n) is 15.1. The van der Waals surface area contributed by atoms with Gasteiger partial charge < -0.3 is 11.1 Å². The Hall–Kier alpha value is -2.73. The number of benzene rings is 2. The van der Waals surface area contributed by atoms with Gasteiger partial charge in [-0.25, -0.2) is 4.39 Å². The van der Waals surface area contributed by atoms with E-state index in [1.807, 2.05) is 30.3 Å². The first-order chi connectivity index (χ1) is 13.0. The molecule has 1 saturated heterocycles. The van der Waals surface area contributed by atoms with E-state index in [-0.39, 0.29) is 23.5 Å². The van der Waals surface area contributed by atoms with E-state index in [4.69, 9.17) is 5.73 Å². The molecule has 27 heavy (non-hydrogen) atoms. The number of primary amides is 1. The molecule has 0 aromatic heterocycles. The van der Waals surface area contributed by atoms with Crippen molar-refractivity contribution in [3.05, 3.63) is 66.0 Å². The number of carbonyl (C=O) groups is 2. The lowest BCUT2D eigenvalue weighted by Gasteiger charge is -2.36. The van der Waals surface area contributed by atoms with Crippen LogP contribution >= 0.6 is 0 Å². The lowest BCUT2D eigenvalue weighted by atomic mass is 9.91. The number of carbonyl (C=O) groups excluding carboxylic acids is 2. The van der Waals surface area contributed by atoms with Crippen molar-refractivity contribution in [2.24, 2.45) is 11.7 Å². The van der Waals surface area contributed by atoms with Gasteiger partial charge in [0.25, 0.3) is 0 Å². The highest BCUT2D eigenvalue weighted by Gasteiger charge is 2.31. The third-order valence-electron chi connectivity index (χ3n) is 4.98. The van der Waals surface area contributed by atoms with Crippen LogP contribution in [0.4, 0.5) is 10.1 Å². The van der Waals surface area contributed by atoms with Crippen LogP contribution in [0.25, 0.3) is 0 Å². The third kappa shape index (κ3) is 5.14. The smallest absolute Gasteiger partial charge is 0.246 e. The molecule has 1 aliphatic heterocycles. The van der Waals surface area contributed by atoms with Gasteiger partial charge in [-0.2, -0.15) is 0 Å². The van der Waals surface area contributed by atoms with Gasteiger partial charge in [-0.15, -0.1) is 0 Å². The van der Waals surface area contributed by atoms with Crippen LogP contribution in [-0.4, -0.2) is 29.8 Å². The minimum atomic E-state index is -0.439. The molecular formula is C21H24FN3O2. The third-order valence-corrected chi connectivity index (χ3v) is 4.98. The highest BCUT2D eigenvalue weighted by molar-refractivity contribution is 5.95. The van der Waals surface area contributed by atoms with E-state index < -0.39 is 6.04 Å². The molecule has 1 aliphatic rings. The Morgan fingerprint density at radius 3 is 2.30 bits per heavy atom. The molecule has 2 aromatic carbocycles. The van der Waals surface area contributed by atoms with Gasteiger partial charge in [0.2, 0.25) is 11.8 Å². The number of nitrogens with two attached hydrogens (primary N) is 1. The van der Waals surface area contributed by atoms with Crippen molar-refractivity contribution >= 4 is 17.5 Å². The summed E-state index contributed by atoms with van der Waals surface area (Å²) in [5, 5.41) is 2.89. The van der Waals surface area contributed by atoms with E-state index in [2.05, 4.69) is 10.2 Å². The normalized spacial score (nSPS) is 16.6. The van der Waals surface area contributed by atoms with E-state index in [0.717, 1.165) is 18.4 Å². The topological polar surface area (TPSA) is 75.4 Å². The van der Waals surface area contributed by atoms with Crippen LogP contribution in [0.5, 0.6) is 0 Å². The molecule has 1 fully saturated rings. The van der Waals surface area contributed by atoms with E-state index in [0.29, 0.717) is 25.2 Å². The van der Waals surface area contributed by atoms with Crippen molar-refractivity contribution in [2.75, 3.05) is 18.4 Å². The Morgan fingerprint density at radius 2 is 1.70 bits per heavy atom. The molecule has 1 atom stereocenters. The van der Waals surface area contributed by atoms with Gasteiger partial charge in [-0.05, 0) is 61.7 Å². The zero-order valence-corrected chi connectivity index (χ0v) is 15.1. The SMILES string of the molecule is NC(=O)CC1CCN([C@H](C(=O)Nc2ccc(F)cc2)c2ccccc2)CC1. The minimum absolute atomic E-state index is 0.152. The summed E-state index contributed by atoms with van der Waals surface area (Å²) in [6.45, 7) is 1.43. The second kappa shape index (κ2) is 8.77. The molecule has 5 nitrogen and oxygen atoms in total. The predicted molar refractivity (Wildman–Crippen MR) is 102 cm³/mol. The van der Waals surface area contributed by atoms with Crippen LogP contribution in [0.15, 0.2) is 54.6 Å². The number of nitrogens with zero attached hydrogens (tertiary/aromatic N) is 1. The quantitative estimate of drug-likeness (QED) is 0.822. The monoisotopic (exact) mass is 369 g/mol. The zero-order chi connectivity index (χ0) is 19.2. The first-order valence-corrected chi connectivity index (χ1v) is 9.16. The van der Waals surface area contributed by atoms with Crippen molar-refractivity contribution in [1.82, 2.24) is 4.90 Å². The molecule has 0 bridgehead atoms. The average Bonchev–Trinajstić information content (AvgIpc) is 2.66. The van der Waals surface area contributed by atoms with Crippen molar-refractivity contribution in [1.29, 1.82) is 0 Å². The van der Waals surface area contributed by atoms with Crippen LogP contribution in [0.2, 0.25) is 0 Å². The summed E-state index contributed by atoms with van der Waals surface area (Å²) in [6, 6.07) is 14.9. The molecule has 2 amide bonds. The maximum absolute atomic E-state index is 13.1. The number of piperidine rings is 1. The minimum Gasteiger partial charge on any atom is -0.370 e. The summed E-state index contributed by atoms with van der Waals surface area (Å²) in [6.07, 6.45) is 2.05. The molecule has 3 rings (SSSR count). The van der Waals surface area contributed by atoms with Gasteiger partial charge in [0, 0.05) is 12.1 Å². The van der Waals surface area contributed by atoms with E-state index in [9.17, 15) is 14.0 Å². The fourth-order valence-corrected chi connectivity index (χ4v) is 3.61. The first kappa shape index (κ1) is 19.0. The van der Waals surface area contributed by atoms with E-state index >= 15 is 0 Å². The fraction of sp³-hybridized carbons (Fsp3) is 0.333. The summed E-state index contributed by atoms with van der Waals surface area (Å²) < 4.78 is 13.1. The molecule has 3 N–H and O–H groups in total. The molecule has 0 spiro atoms. The number of rotatable bonds is 6. The van der Waals surface area contributed by atoms with Gasteiger partial charge in [0.15, 0.2) is 0 Å². The van der Waals surface area contributed by atoms with Crippen LogP contribution in [-0.2, 0) is 9.59 Å². The Balaban J connectivity index is 1.75.